The monoisotopic (exact) mass is 306 g/mol. The topological polar surface area (TPSA) is 89.3 Å². The van der Waals surface area contributed by atoms with E-state index in [1.165, 1.54) is 6.07 Å². The third kappa shape index (κ3) is 2.73. The number of nitrogens with two attached hydrogens (primary N) is 1. The molecule has 5 nitrogen and oxygen atoms in total. The number of hydrogen-bond acceptors (Lipinski definition) is 3. The second kappa shape index (κ2) is 4.96. The molecular weight excluding hydrogens is 288 g/mol. The lowest BCUT2D eigenvalue weighted by Gasteiger charge is -2.18. The van der Waals surface area contributed by atoms with Gasteiger partial charge in [0.1, 0.15) is 0 Å². The fraction of sp³-hybridized carbons (Fsp3) is 0.400. The van der Waals surface area contributed by atoms with Crippen molar-refractivity contribution >= 4 is 21.6 Å². The Balaban J connectivity index is 1.79. The van der Waals surface area contributed by atoms with Gasteiger partial charge in [0.2, 0.25) is 15.9 Å². The lowest BCUT2D eigenvalue weighted by Crippen LogP contribution is -2.26. The van der Waals surface area contributed by atoms with E-state index < -0.39 is 10.0 Å². The minimum absolute atomic E-state index is 0.0146. The molecule has 0 spiro atoms. The molecule has 3 unspecified atom stereocenters. The minimum Gasteiger partial charge on any atom is -0.326 e. The first kappa shape index (κ1) is 14.3. The number of fused-ring (bicyclic) bond motifs is 2. The predicted molar refractivity (Wildman–Crippen MR) is 80.0 cm³/mol. The number of primary sulfonamides is 1. The van der Waals surface area contributed by atoms with Crippen LogP contribution in [0.3, 0.4) is 0 Å². The number of amides is 1. The quantitative estimate of drug-likeness (QED) is 0.834. The Morgan fingerprint density at radius 2 is 2.05 bits per heavy atom. The van der Waals surface area contributed by atoms with E-state index in [1.807, 2.05) is 0 Å². The van der Waals surface area contributed by atoms with E-state index in [0.29, 0.717) is 23.1 Å². The largest absolute Gasteiger partial charge is 0.326 e. The Kier molecular flexibility index (Phi) is 3.37. The van der Waals surface area contributed by atoms with Crippen LogP contribution in [0.2, 0.25) is 0 Å². The van der Waals surface area contributed by atoms with E-state index in [4.69, 9.17) is 5.14 Å². The van der Waals surface area contributed by atoms with Crippen molar-refractivity contribution in [3.63, 3.8) is 0 Å². The summed E-state index contributed by atoms with van der Waals surface area (Å²) in [6.07, 6.45) is 6.22. The van der Waals surface area contributed by atoms with Crippen LogP contribution in [0, 0.1) is 24.7 Å². The summed E-state index contributed by atoms with van der Waals surface area (Å²) in [5, 5.41) is 7.99. The lowest BCUT2D eigenvalue weighted by atomic mass is 9.93. The Labute approximate surface area is 124 Å². The molecule has 2 aliphatic rings. The van der Waals surface area contributed by atoms with E-state index in [2.05, 4.69) is 17.5 Å². The summed E-state index contributed by atoms with van der Waals surface area (Å²) in [5.74, 6) is 0.775. The smallest absolute Gasteiger partial charge is 0.238 e. The molecule has 6 heteroatoms. The highest BCUT2D eigenvalue weighted by Crippen LogP contribution is 2.43. The Hall–Kier alpha value is -1.66. The maximum atomic E-state index is 12.3. The van der Waals surface area contributed by atoms with Gasteiger partial charge in [-0.25, -0.2) is 13.6 Å². The maximum Gasteiger partial charge on any atom is 0.238 e. The van der Waals surface area contributed by atoms with Crippen LogP contribution < -0.4 is 10.5 Å². The number of sulfonamides is 1. The first-order valence-corrected chi connectivity index (χ1v) is 8.52. The molecule has 112 valence electrons. The summed E-state index contributed by atoms with van der Waals surface area (Å²) in [7, 11) is -3.78. The molecule has 1 amide bonds. The van der Waals surface area contributed by atoms with Crippen LogP contribution in [0.4, 0.5) is 5.69 Å². The zero-order valence-corrected chi connectivity index (χ0v) is 12.6. The zero-order chi connectivity index (χ0) is 15.2. The SMILES string of the molecule is Cc1ccc(NC(=O)C2CC3C=CC2C3)cc1S(N)(=O)=O. The van der Waals surface area contributed by atoms with Gasteiger partial charge in [-0.2, -0.15) is 0 Å². The number of benzene rings is 1. The third-order valence-electron chi connectivity index (χ3n) is 4.38. The van der Waals surface area contributed by atoms with Gasteiger partial charge in [-0.05, 0) is 49.3 Å². The average Bonchev–Trinajstić information content (AvgIpc) is 3.02. The molecule has 0 radical (unpaired) electrons. The summed E-state index contributed by atoms with van der Waals surface area (Å²) < 4.78 is 23.0. The van der Waals surface area contributed by atoms with Crippen LogP contribution in [-0.2, 0) is 14.8 Å². The number of allylic oxidation sites excluding steroid dienone is 2. The normalized spacial score (nSPS) is 27.0. The summed E-state index contributed by atoms with van der Waals surface area (Å²) >= 11 is 0. The van der Waals surface area contributed by atoms with E-state index in [-0.39, 0.29) is 16.7 Å². The van der Waals surface area contributed by atoms with Crippen molar-refractivity contribution in [2.75, 3.05) is 5.32 Å². The van der Waals surface area contributed by atoms with Gasteiger partial charge >= 0.3 is 0 Å². The molecular formula is C15H18N2O3S. The highest BCUT2D eigenvalue weighted by Gasteiger charge is 2.39. The molecule has 0 saturated heterocycles. The summed E-state index contributed by atoms with van der Waals surface area (Å²) in [6.45, 7) is 1.67. The Morgan fingerprint density at radius 1 is 1.29 bits per heavy atom. The van der Waals surface area contributed by atoms with Gasteiger partial charge in [0.05, 0.1) is 4.90 Å². The van der Waals surface area contributed by atoms with Crippen molar-refractivity contribution in [3.8, 4) is 0 Å². The van der Waals surface area contributed by atoms with Gasteiger partial charge in [-0.1, -0.05) is 18.2 Å². The predicted octanol–water partition coefficient (Wildman–Crippen LogP) is 1.79. The van der Waals surface area contributed by atoms with Gasteiger partial charge in [0.15, 0.2) is 0 Å². The van der Waals surface area contributed by atoms with Crippen LogP contribution in [0.15, 0.2) is 35.2 Å². The van der Waals surface area contributed by atoms with Crippen LogP contribution in [-0.4, -0.2) is 14.3 Å². The van der Waals surface area contributed by atoms with Crippen molar-refractivity contribution in [1.29, 1.82) is 0 Å². The second-order valence-electron chi connectivity index (χ2n) is 5.90. The molecule has 2 bridgehead atoms. The van der Waals surface area contributed by atoms with Crippen LogP contribution in [0.25, 0.3) is 0 Å². The second-order valence-corrected chi connectivity index (χ2v) is 7.43. The number of nitrogens with one attached hydrogen (secondary N) is 1. The van der Waals surface area contributed by atoms with Crippen molar-refractivity contribution in [3.05, 3.63) is 35.9 Å². The summed E-state index contributed by atoms with van der Waals surface area (Å²) in [4.78, 5) is 12.4. The number of hydrogen-bond donors (Lipinski definition) is 2. The van der Waals surface area contributed by atoms with Gasteiger partial charge in [0, 0.05) is 11.6 Å². The van der Waals surface area contributed by atoms with Gasteiger partial charge in [-0.15, -0.1) is 0 Å². The number of aryl methyl sites for hydroxylation is 1. The summed E-state index contributed by atoms with van der Waals surface area (Å²) in [5.41, 5.74) is 1.04. The standard InChI is InChI=1S/C15H18N2O3S/c1-9-2-5-12(8-14(9)21(16,19)20)17-15(18)13-7-10-3-4-11(13)6-10/h2-5,8,10-11,13H,6-7H2,1H3,(H,17,18)(H2,16,19,20). The van der Waals surface area contributed by atoms with E-state index in [9.17, 15) is 13.2 Å². The number of anilines is 1. The van der Waals surface area contributed by atoms with Crippen molar-refractivity contribution < 1.29 is 13.2 Å². The number of carbonyl (C=O) groups excluding carboxylic acids is 1. The van der Waals surface area contributed by atoms with Crippen molar-refractivity contribution in [2.24, 2.45) is 22.9 Å². The molecule has 1 aromatic carbocycles. The summed E-state index contributed by atoms with van der Waals surface area (Å²) in [6, 6.07) is 4.77. The molecule has 1 saturated carbocycles. The lowest BCUT2D eigenvalue weighted by molar-refractivity contribution is -0.120. The number of carbonyl (C=O) groups is 1. The molecule has 3 atom stereocenters. The molecule has 3 N–H and O–H groups in total. The molecule has 1 aromatic rings. The van der Waals surface area contributed by atoms with Crippen LogP contribution >= 0.6 is 0 Å². The molecule has 0 aromatic heterocycles. The number of rotatable bonds is 3. The highest BCUT2D eigenvalue weighted by molar-refractivity contribution is 7.89. The fourth-order valence-corrected chi connectivity index (χ4v) is 4.11. The molecule has 0 heterocycles. The minimum atomic E-state index is -3.78. The van der Waals surface area contributed by atoms with Gasteiger partial charge in [-0.3, -0.25) is 4.79 Å². The van der Waals surface area contributed by atoms with E-state index in [0.717, 1.165) is 12.8 Å². The van der Waals surface area contributed by atoms with Crippen molar-refractivity contribution in [2.45, 2.75) is 24.7 Å². The Bertz CT molecular complexity index is 724. The van der Waals surface area contributed by atoms with Crippen LogP contribution in [0.5, 0.6) is 0 Å². The maximum absolute atomic E-state index is 12.3. The fourth-order valence-electron chi connectivity index (χ4n) is 3.30. The van der Waals surface area contributed by atoms with Gasteiger partial charge < -0.3 is 5.32 Å². The molecule has 21 heavy (non-hydrogen) atoms. The average molecular weight is 306 g/mol. The first-order chi connectivity index (χ1) is 9.84. The van der Waals surface area contributed by atoms with Crippen LogP contribution in [0.1, 0.15) is 18.4 Å². The third-order valence-corrected chi connectivity index (χ3v) is 5.43. The molecule has 0 aliphatic heterocycles. The van der Waals surface area contributed by atoms with Gasteiger partial charge in [0.25, 0.3) is 0 Å². The van der Waals surface area contributed by atoms with E-state index in [1.54, 1.807) is 19.1 Å². The first-order valence-electron chi connectivity index (χ1n) is 6.97. The Morgan fingerprint density at radius 3 is 2.62 bits per heavy atom. The molecule has 2 aliphatic carbocycles. The van der Waals surface area contributed by atoms with E-state index >= 15 is 0 Å². The highest BCUT2D eigenvalue weighted by atomic mass is 32.2. The zero-order valence-electron chi connectivity index (χ0n) is 11.7. The molecule has 1 fully saturated rings. The molecule has 3 rings (SSSR count). The van der Waals surface area contributed by atoms with Crippen molar-refractivity contribution in [1.82, 2.24) is 0 Å².